The summed E-state index contributed by atoms with van der Waals surface area (Å²) < 4.78 is 62.8. The SMILES string of the molecule is Cl.N[C@H](C=CC[C@H](NS(=O)(=O)c1ccc([N+](=O)[O-])cc1)C(=O)O)C(F)(F)F. The Hall–Kier alpha value is -2.22. The van der Waals surface area contributed by atoms with E-state index in [9.17, 15) is 36.5 Å². The van der Waals surface area contributed by atoms with Crippen molar-refractivity contribution < 1.29 is 36.4 Å². The molecule has 1 rings (SSSR count). The number of hydrogen-bond acceptors (Lipinski definition) is 6. The van der Waals surface area contributed by atoms with Crippen molar-refractivity contribution in [2.45, 2.75) is 29.6 Å². The van der Waals surface area contributed by atoms with Crippen LogP contribution in [0.5, 0.6) is 0 Å². The predicted molar refractivity (Wildman–Crippen MR) is 89.9 cm³/mol. The number of alkyl halides is 3. The van der Waals surface area contributed by atoms with E-state index in [1.54, 1.807) is 4.72 Å². The number of nitro benzene ring substituents is 1. The molecule has 0 saturated heterocycles. The fourth-order valence-corrected chi connectivity index (χ4v) is 2.87. The molecule has 1 aromatic carbocycles. The van der Waals surface area contributed by atoms with E-state index in [4.69, 9.17) is 10.8 Å². The maximum atomic E-state index is 12.3. The summed E-state index contributed by atoms with van der Waals surface area (Å²) in [6, 6.07) is -0.460. The van der Waals surface area contributed by atoms with Gasteiger partial charge in [0.15, 0.2) is 0 Å². The number of rotatable bonds is 8. The second-order valence-corrected chi connectivity index (χ2v) is 6.71. The quantitative estimate of drug-likeness (QED) is 0.319. The first-order valence-corrected chi connectivity index (χ1v) is 8.31. The maximum Gasteiger partial charge on any atom is 0.407 e. The van der Waals surface area contributed by atoms with E-state index in [0.29, 0.717) is 6.08 Å². The molecule has 152 valence electrons. The number of nitrogens with zero attached hydrogens (tertiary/aromatic N) is 1. The molecule has 0 aliphatic rings. The average molecular weight is 434 g/mol. The predicted octanol–water partition coefficient (Wildman–Crippen LogP) is 1.58. The van der Waals surface area contributed by atoms with E-state index in [1.165, 1.54) is 0 Å². The lowest BCUT2D eigenvalue weighted by molar-refractivity contribution is -0.384. The molecule has 0 unspecified atom stereocenters. The highest BCUT2D eigenvalue weighted by Gasteiger charge is 2.34. The molecule has 0 spiro atoms. The molecule has 0 radical (unpaired) electrons. The van der Waals surface area contributed by atoms with Crippen LogP contribution in [0, 0.1) is 10.1 Å². The fraction of sp³-hybridized carbons (Fsp3) is 0.308. The third-order valence-corrected chi connectivity index (χ3v) is 4.53. The zero-order valence-corrected chi connectivity index (χ0v) is 14.9. The van der Waals surface area contributed by atoms with Crippen LogP contribution in [0.2, 0.25) is 0 Å². The first-order chi connectivity index (χ1) is 11.8. The van der Waals surface area contributed by atoms with Crippen LogP contribution in [0.4, 0.5) is 18.9 Å². The number of non-ortho nitro benzene ring substituents is 1. The smallest absolute Gasteiger partial charge is 0.407 e. The highest BCUT2D eigenvalue weighted by molar-refractivity contribution is 7.89. The highest BCUT2D eigenvalue weighted by Crippen LogP contribution is 2.19. The van der Waals surface area contributed by atoms with Gasteiger partial charge in [-0.05, 0) is 18.6 Å². The molecule has 0 aliphatic carbocycles. The van der Waals surface area contributed by atoms with Gasteiger partial charge in [0.25, 0.3) is 5.69 Å². The molecule has 0 heterocycles. The van der Waals surface area contributed by atoms with Crippen molar-refractivity contribution >= 4 is 34.1 Å². The minimum Gasteiger partial charge on any atom is -0.480 e. The van der Waals surface area contributed by atoms with E-state index in [2.05, 4.69) is 0 Å². The largest absolute Gasteiger partial charge is 0.480 e. The lowest BCUT2D eigenvalue weighted by Crippen LogP contribution is -2.40. The Labute approximate surface area is 157 Å². The molecule has 1 aromatic rings. The zero-order valence-electron chi connectivity index (χ0n) is 13.3. The van der Waals surface area contributed by atoms with Crippen molar-refractivity contribution in [3.63, 3.8) is 0 Å². The number of nitrogens with one attached hydrogen (secondary N) is 1. The molecular weight excluding hydrogens is 419 g/mol. The van der Waals surface area contributed by atoms with Gasteiger partial charge in [-0.1, -0.05) is 12.2 Å². The molecule has 0 aliphatic heterocycles. The zero-order chi connectivity index (χ0) is 20.1. The number of carboxylic acids is 1. The van der Waals surface area contributed by atoms with E-state index >= 15 is 0 Å². The molecule has 2 atom stereocenters. The second kappa shape index (κ2) is 9.64. The van der Waals surface area contributed by atoms with Crippen LogP contribution >= 0.6 is 12.4 Å². The number of nitrogens with two attached hydrogens (primary N) is 1. The number of hydrogen-bond donors (Lipinski definition) is 3. The van der Waals surface area contributed by atoms with E-state index < -0.39 is 50.5 Å². The number of sulfonamides is 1. The van der Waals surface area contributed by atoms with Gasteiger partial charge in [0.2, 0.25) is 10.0 Å². The monoisotopic (exact) mass is 433 g/mol. The molecule has 0 aromatic heterocycles. The maximum absolute atomic E-state index is 12.3. The molecule has 14 heteroatoms. The molecule has 9 nitrogen and oxygen atoms in total. The van der Waals surface area contributed by atoms with Crippen LogP contribution in [0.25, 0.3) is 0 Å². The molecule has 0 amide bonds. The molecule has 4 N–H and O–H groups in total. The van der Waals surface area contributed by atoms with Crippen LogP contribution in [0.15, 0.2) is 41.3 Å². The van der Waals surface area contributed by atoms with Gasteiger partial charge in [0.1, 0.15) is 12.1 Å². The van der Waals surface area contributed by atoms with E-state index in [-0.39, 0.29) is 18.1 Å². The molecule has 0 fully saturated rings. The average Bonchev–Trinajstić information content (AvgIpc) is 2.52. The summed E-state index contributed by atoms with van der Waals surface area (Å²) in [7, 11) is -4.37. The van der Waals surface area contributed by atoms with Crippen molar-refractivity contribution in [3.8, 4) is 0 Å². The number of benzene rings is 1. The van der Waals surface area contributed by atoms with Gasteiger partial charge in [-0.25, -0.2) is 8.42 Å². The Morgan fingerprint density at radius 2 is 1.85 bits per heavy atom. The van der Waals surface area contributed by atoms with E-state index in [1.807, 2.05) is 0 Å². The number of carbonyl (C=O) groups is 1. The number of halogens is 4. The Balaban J connectivity index is 0.00000676. The van der Waals surface area contributed by atoms with Crippen LogP contribution in [-0.2, 0) is 14.8 Å². The van der Waals surface area contributed by atoms with Crippen LogP contribution in [-0.4, -0.2) is 42.7 Å². The summed E-state index contributed by atoms with van der Waals surface area (Å²) in [4.78, 5) is 20.5. The van der Waals surface area contributed by atoms with Gasteiger partial charge >= 0.3 is 12.1 Å². The topological polar surface area (TPSA) is 153 Å². The Morgan fingerprint density at radius 3 is 2.26 bits per heavy atom. The number of nitro groups is 1. The first-order valence-electron chi connectivity index (χ1n) is 6.83. The Bertz CT molecular complexity index is 799. The van der Waals surface area contributed by atoms with Gasteiger partial charge in [-0.15, -0.1) is 12.4 Å². The fourth-order valence-electron chi connectivity index (χ4n) is 1.67. The van der Waals surface area contributed by atoms with Crippen LogP contribution < -0.4 is 10.5 Å². The summed E-state index contributed by atoms with van der Waals surface area (Å²) in [6.45, 7) is 0. The summed E-state index contributed by atoms with van der Waals surface area (Å²) in [5, 5.41) is 19.6. The van der Waals surface area contributed by atoms with Gasteiger partial charge in [-0.2, -0.15) is 17.9 Å². The minimum atomic E-state index is -4.71. The first kappa shape index (κ1) is 24.8. The van der Waals surface area contributed by atoms with Crippen molar-refractivity contribution in [1.82, 2.24) is 4.72 Å². The molecule has 0 saturated carbocycles. The molecule has 27 heavy (non-hydrogen) atoms. The summed E-state index contributed by atoms with van der Waals surface area (Å²) >= 11 is 0. The summed E-state index contributed by atoms with van der Waals surface area (Å²) in [5.41, 5.74) is 4.44. The Kier molecular flexibility index (Phi) is 8.85. The molecule has 0 bridgehead atoms. The number of aliphatic carboxylic acids is 1. The second-order valence-electron chi connectivity index (χ2n) is 4.99. The Morgan fingerprint density at radius 1 is 1.33 bits per heavy atom. The summed E-state index contributed by atoms with van der Waals surface area (Å²) in [5.74, 6) is -1.62. The van der Waals surface area contributed by atoms with Gasteiger partial charge in [-0.3, -0.25) is 14.9 Å². The van der Waals surface area contributed by atoms with Gasteiger partial charge in [0, 0.05) is 12.1 Å². The lowest BCUT2D eigenvalue weighted by atomic mass is 10.2. The van der Waals surface area contributed by atoms with Crippen LogP contribution in [0.1, 0.15) is 6.42 Å². The third-order valence-electron chi connectivity index (χ3n) is 3.05. The number of carboxylic acid groups (broad SMARTS) is 1. The van der Waals surface area contributed by atoms with Gasteiger partial charge < -0.3 is 10.8 Å². The van der Waals surface area contributed by atoms with E-state index in [0.717, 1.165) is 30.3 Å². The molecular formula is C13H15ClF3N3O6S. The third kappa shape index (κ3) is 7.50. The van der Waals surface area contributed by atoms with Gasteiger partial charge in [0.05, 0.1) is 9.82 Å². The van der Waals surface area contributed by atoms with Crippen molar-refractivity contribution in [2.75, 3.05) is 0 Å². The standard InChI is InChI=1S/C13H14F3N3O6S.ClH/c14-13(15,16)11(17)3-1-2-10(12(20)21)18-26(24,25)9-6-4-8(5-7-9)19(22)23;/h1,3-7,10-11,18H,2,17H2,(H,20,21);1H/t10-,11+;/m0./s1. The van der Waals surface area contributed by atoms with Crippen molar-refractivity contribution in [3.05, 3.63) is 46.5 Å². The van der Waals surface area contributed by atoms with Crippen molar-refractivity contribution in [1.29, 1.82) is 0 Å². The van der Waals surface area contributed by atoms with Crippen LogP contribution in [0.3, 0.4) is 0 Å². The van der Waals surface area contributed by atoms with Crippen molar-refractivity contribution in [2.24, 2.45) is 5.73 Å². The normalized spacial score (nSPS) is 14.4. The minimum absolute atomic E-state index is 0. The highest BCUT2D eigenvalue weighted by atomic mass is 35.5. The summed E-state index contributed by atoms with van der Waals surface area (Å²) in [6.07, 6.45) is -4.00. The lowest BCUT2D eigenvalue weighted by Gasteiger charge is -2.14.